The normalized spacial score (nSPS) is 29.9. The van der Waals surface area contributed by atoms with Crippen LogP contribution in [0.3, 0.4) is 0 Å². The fraction of sp³-hybridized carbons (Fsp3) is 0.923. The summed E-state index contributed by atoms with van der Waals surface area (Å²) >= 11 is 0. The van der Waals surface area contributed by atoms with Gasteiger partial charge in [-0.05, 0) is 32.2 Å². The van der Waals surface area contributed by atoms with E-state index < -0.39 is 5.97 Å². The highest BCUT2D eigenvalue weighted by Gasteiger charge is 2.33. The van der Waals surface area contributed by atoms with Crippen molar-refractivity contribution in [3.8, 4) is 0 Å². The zero-order valence-electron chi connectivity index (χ0n) is 10.0. The van der Waals surface area contributed by atoms with E-state index in [4.69, 9.17) is 0 Å². The van der Waals surface area contributed by atoms with Crippen LogP contribution in [-0.4, -0.2) is 34.6 Å². The first-order chi connectivity index (χ1) is 7.79. The van der Waals surface area contributed by atoms with Crippen LogP contribution >= 0.6 is 0 Å². The molecule has 1 unspecified atom stereocenters. The minimum atomic E-state index is -0.607. The Hall–Kier alpha value is -0.570. The molecule has 0 radical (unpaired) electrons. The summed E-state index contributed by atoms with van der Waals surface area (Å²) < 4.78 is 0. The van der Waals surface area contributed by atoms with Gasteiger partial charge in [-0.2, -0.15) is 0 Å². The van der Waals surface area contributed by atoms with Crippen LogP contribution in [0, 0.1) is 0 Å². The highest BCUT2D eigenvalue weighted by molar-refractivity contribution is 5.73. The molecule has 1 saturated carbocycles. The quantitative estimate of drug-likeness (QED) is 0.734. The number of carbonyl (C=O) groups is 1. The Bertz CT molecular complexity index is 234. The largest absolute Gasteiger partial charge is 0.480 e. The van der Waals surface area contributed by atoms with E-state index in [9.17, 15) is 9.90 Å². The van der Waals surface area contributed by atoms with Gasteiger partial charge in [0.05, 0.1) is 0 Å². The van der Waals surface area contributed by atoms with Gasteiger partial charge in [0, 0.05) is 6.04 Å². The third kappa shape index (κ3) is 2.76. The molecule has 0 spiro atoms. The Kier molecular flexibility index (Phi) is 4.22. The predicted octanol–water partition coefficient (Wildman–Crippen LogP) is 2.65. The molecule has 1 saturated heterocycles. The Morgan fingerprint density at radius 1 is 0.938 bits per heavy atom. The second-order valence-electron chi connectivity index (χ2n) is 5.23. The van der Waals surface area contributed by atoms with Crippen LogP contribution in [0.4, 0.5) is 0 Å². The van der Waals surface area contributed by atoms with Crippen molar-refractivity contribution in [3.05, 3.63) is 0 Å². The Labute approximate surface area is 97.8 Å². The summed E-state index contributed by atoms with van der Waals surface area (Å²) in [5, 5.41) is 9.27. The average Bonchev–Trinajstić information content (AvgIpc) is 2.57. The zero-order chi connectivity index (χ0) is 11.4. The van der Waals surface area contributed by atoms with Gasteiger partial charge in [-0.15, -0.1) is 0 Å². The maximum absolute atomic E-state index is 11.3. The minimum absolute atomic E-state index is 0.197. The number of likely N-dealkylation sites (tertiary alicyclic amines) is 1. The number of carboxylic acids is 1. The molecule has 92 valence electrons. The van der Waals surface area contributed by atoms with Crippen molar-refractivity contribution in [1.29, 1.82) is 0 Å². The second-order valence-corrected chi connectivity index (χ2v) is 5.23. The molecule has 1 N–H and O–H groups in total. The summed E-state index contributed by atoms with van der Waals surface area (Å²) in [4.78, 5) is 13.5. The lowest BCUT2D eigenvalue weighted by atomic mass is 9.96. The fourth-order valence-corrected chi connectivity index (χ4v) is 3.25. The Balaban J connectivity index is 2.00. The van der Waals surface area contributed by atoms with Crippen LogP contribution in [0.5, 0.6) is 0 Å². The van der Waals surface area contributed by atoms with Gasteiger partial charge >= 0.3 is 5.97 Å². The molecule has 2 fully saturated rings. The molecule has 3 nitrogen and oxygen atoms in total. The molecule has 1 aliphatic heterocycles. The van der Waals surface area contributed by atoms with Crippen LogP contribution in [-0.2, 0) is 4.79 Å². The van der Waals surface area contributed by atoms with Crippen LogP contribution in [0.25, 0.3) is 0 Å². The van der Waals surface area contributed by atoms with Crippen LogP contribution in [0.15, 0.2) is 0 Å². The van der Waals surface area contributed by atoms with Crippen molar-refractivity contribution in [2.75, 3.05) is 6.54 Å². The zero-order valence-corrected chi connectivity index (χ0v) is 10.0. The summed E-state index contributed by atoms with van der Waals surface area (Å²) in [6.45, 7) is 1.00. The van der Waals surface area contributed by atoms with E-state index in [-0.39, 0.29) is 6.04 Å². The Morgan fingerprint density at radius 2 is 1.56 bits per heavy atom. The molecule has 2 rings (SSSR count). The minimum Gasteiger partial charge on any atom is -0.480 e. The topological polar surface area (TPSA) is 40.5 Å². The van der Waals surface area contributed by atoms with Gasteiger partial charge in [0.15, 0.2) is 0 Å². The van der Waals surface area contributed by atoms with E-state index in [1.165, 1.54) is 44.9 Å². The molecule has 3 heteroatoms. The summed E-state index contributed by atoms with van der Waals surface area (Å²) in [6.07, 6.45) is 10.8. The van der Waals surface area contributed by atoms with Crippen molar-refractivity contribution in [2.45, 2.75) is 69.9 Å². The van der Waals surface area contributed by atoms with Gasteiger partial charge in [0.25, 0.3) is 0 Å². The number of rotatable bonds is 2. The van der Waals surface area contributed by atoms with Crippen molar-refractivity contribution in [1.82, 2.24) is 4.90 Å². The third-order valence-corrected chi connectivity index (χ3v) is 4.12. The number of aliphatic carboxylic acids is 1. The van der Waals surface area contributed by atoms with E-state index in [1.807, 2.05) is 0 Å². The van der Waals surface area contributed by atoms with Crippen molar-refractivity contribution < 1.29 is 9.90 Å². The number of piperidine rings is 1. The molecule has 0 aromatic carbocycles. The highest BCUT2D eigenvalue weighted by Crippen LogP contribution is 2.27. The lowest BCUT2D eigenvalue weighted by molar-refractivity contribution is -0.146. The molecule has 0 aromatic rings. The van der Waals surface area contributed by atoms with Gasteiger partial charge in [0.1, 0.15) is 6.04 Å². The first-order valence-corrected chi connectivity index (χ1v) is 6.77. The SMILES string of the molecule is O=C(O)C1CCCCN1C1CCCCCC1. The van der Waals surface area contributed by atoms with E-state index >= 15 is 0 Å². The van der Waals surface area contributed by atoms with E-state index in [0.717, 1.165) is 19.4 Å². The van der Waals surface area contributed by atoms with Gasteiger partial charge in [-0.3, -0.25) is 9.69 Å². The van der Waals surface area contributed by atoms with Crippen LogP contribution < -0.4 is 0 Å². The lowest BCUT2D eigenvalue weighted by Gasteiger charge is -2.38. The lowest BCUT2D eigenvalue weighted by Crippen LogP contribution is -2.49. The van der Waals surface area contributed by atoms with Crippen LogP contribution in [0.1, 0.15) is 57.8 Å². The molecule has 0 aromatic heterocycles. The summed E-state index contributed by atoms with van der Waals surface area (Å²) in [6, 6.07) is 0.348. The van der Waals surface area contributed by atoms with Gasteiger partial charge < -0.3 is 5.11 Å². The van der Waals surface area contributed by atoms with E-state index in [0.29, 0.717) is 6.04 Å². The predicted molar refractivity (Wildman–Crippen MR) is 63.5 cm³/mol. The molecule has 16 heavy (non-hydrogen) atoms. The summed E-state index contributed by atoms with van der Waals surface area (Å²) in [5.41, 5.74) is 0. The smallest absolute Gasteiger partial charge is 0.320 e. The van der Waals surface area contributed by atoms with Gasteiger partial charge in [-0.25, -0.2) is 0 Å². The summed E-state index contributed by atoms with van der Waals surface area (Å²) in [7, 11) is 0. The molecule has 0 amide bonds. The molecule has 1 aliphatic carbocycles. The standard InChI is InChI=1S/C13H23NO2/c15-13(16)12-9-5-6-10-14(12)11-7-3-1-2-4-8-11/h11-12H,1-10H2,(H,15,16). The number of carboxylic acid groups (broad SMARTS) is 1. The third-order valence-electron chi connectivity index (χ3n) is 4.12. The first-order valence-electron chi connectivity index (χ1n) is 6.77. The monoisotopic (exact) mass is 225 g/mol. The summed E-state index contributed by atoms with van der Waals surface area (Å²) in [5.74, 6) is -0.607. The molecule has 2 aliphatic rings. The maximum atomic E-state index is 11.3. The molecule has 1 heterocycles. The number of hydrogen-bond donors (Lipinski definition) is 1. The second kappa shape index (κ2) is 5.67. The highest BCUT2D eigenvalue weighted by atomic mass is 16.4. The molecule has 0 bridgehead atoms. The molecular formula is C13H23NO2. The van der Waals surface area contributed by atoms with Crippen molar-refractivity contribution in [2.24, 2.45) is 0 Å². The van der Waals surface area contributed by atoms with Crippen LogP contribution in [0.2, 0.25) is 0 Å². The van der Waals surface area contributed by atoms with Gasteiger partial charge in [0.2, 0.25) is 0 Å². The number of nitrogens with zero attached hydrogens (tertiary/aromatic N) is 1. The average molecular weight is 225 g/mol. The van der Waals surface area contributed by atoms with Gasteiger partial charge in [-0.1, -0.05) is 32.1 Å². The molecule has 1 atom stereocenters. The molecular weight excluding hydrogens is 202 g/mol. The Morgan fingerprint density at radius 3 is 2.19 bits per heavy atom. The maximum Gasteiger partial charge on any atom is 0.320 e. The number of hydrogen-bond acceptors (Lipinski definition) is 2. The van der Waals surface area contributed by atoms with E-state index in [1.54, 1.807) is 0 Å². The van der Waals surface area contributed by atoms with E-state index in [2.05, 4.69) is 4.90 Å². The fourth-order valence-electron chi connectivity index (χ4n) is 3.25. The van der Waals surface area contributed by atoms with Crippen molar-refractivity contribution in [3.63, 3.8) is 0 Å². The van der Waals surface area contributed by atoms with Crippen molar-refractivity contribution >= 4 is 5.97 Å². The first kappa shape index (κ1) is 11.9.